The Morgan fingerprint density at radius 1 is 1.34 bits per heavy atom. The summed E-state index contributed by atoms with van der Waals surface area (Å²) in [5.74, 6) is -1.17. The van der Waals surface area contributed by atoms with Gasteiger partial charge in [0.15, 0.2) is 0 Å². The molecule has 10 heteroatoms. The number of allylic oxidation sites excluding steroid dienone is 1. The van der Waals surface area contributed by atoms with Gasteiger partial charge in [-0.15, -0.1) is 0 Å². The Balaban J connectivity index is 2.37. The fourth-order valence-corrected chi connectivity index (χ4v) is 3.57. The lowest BCUT2D eigenvalue weighted by Gasteiger charge is -2.17. The fourth-order valence-electron chi connectivity index (χ4n) is 3.39. The van der Waals surface area contributed by atoms with Gasteiger partial charge in [-0.25, -0.2) is 9.37 Å². The quantitative estimate of drug-likeness (QED) is 0.427. The molecular formula is C25H22ClFN5O3. The zero-order valence-corrected chi connectivity index (χ0v) is 20.0. The molecule has 3 rings (SSSR count). The van der Waals surface area contributed by atoms with E-state index < -0.39 is 11.7 Å². The van der Waals surface area contributed by atoms with Gasteiger partial charge < -0.3 is 20.7 Å². The topological polar surface area (TPSA) is 121 Å². The van der Waals surface area contributed by atoms with Crippen LogP contribution in [0.2, 0.25) is 5.02 Å². The maximum absolute atomic E-state index is 13.7. The minimum atomic E-state index is -0.904. The fraction of sp³-hybridized carbons (Fsp3) is 0.200. The summed E-state index contributed by atoms with van der Waals surface area (Å²) >= 11 is 5.92. The van der Waals surface area contributed by atoms with Gasteiger partial charge in [-0.3, -0.25) is 9.59 Å². The molecule has 1 radical (unpaired) electrons. The third-order valence-corrected chi connectivity index (χ3v) is 5.27. The van der Waals surface area contributed by atoms with Crippen LogP contribution in [0, 0.1) is 17.1 Å². The van der Waals surface area contributed by atoms with Crippen LogP contribution in [0.5, 0.6) is 5.75 Å². The van der Waals surface area contributed by atoms with Crippen molar-refractivity contribution in [3.8, 4) is 11.8 Å². The van der Waals surface area contributed by atoms with Gasteiger partial charge in [0, 0.05) is 34.8 Å². The number of carbonyl (C=O) groups is 1. The Hall–Kier alpha value is -4.00. The summed E-state index contributed by atoms with van der Waals surface area (Å²) < 4.78 is 19.4. The molecule has 0 aliphatic carbocycles. The normalized spacial score (nSPS) is 11.4. The number of nitriles is 1. The van der Waals surface area contributed by atoms with E-state index in [1.54, 1.807) is 25.1 Å². The molecule has 0 spiro atoms. The van der Waals surface area contributed by atoms with E-state index in [9.17, 15) is 19.2 Å². The van der Waals surface area contributed by atoms with Crippen molar-refractivity contribution in [3.05, 3.63) is 64.1 Å². The zero-order valence-electron chi connectivity index (χ0n) is 19.3. The van der Waals surface area contributed by atoms with Crippen molar-refractivity contribution in [2.45, 2.75) is 6.92 Å². The molecule has 1 amide bonds. The predicted molar refractivity (Wildman–Crippen MR) is 133 cm³/mol. The zero-order chi connectivity index (χ0) is 25.7. The number of hydrogen-bond donors (Lipinski definition) is 2. The first-order valence-corrected chi connectivity index (χ1v) is 10.9. The van der Waals surface area contributed by atoms with Crippen LogP contribution in [0.1, 0.15) is 28.5 Å². The summed E-state index contributed by atoms with van der Waals surface area (Å²) in [6, 6.07) is 9.08. The Bertz CT molecular complexity index is 1380. The summed E-state index contributed by atoms with van der Waals surface area (Å²) in [5.41, 5.74) is 6.65. The number of aromatic nitrogens is 1. The molecular weight excluding hydrogens is 473 g/mol. The number of primary amides is 1. The van der Waals surface area contributed by atoms with Crippen LogP contribution in [0.3, 0.4) is 0 Å². The van der Waals surface area contributed by atoms with Gasteiger partial charge in [-0.2, -0.15) is 5.26 Å². The van der Waals surface area contributed by atoms with E-state index >= 15 is 0 Å². The number of benzene rings is 2. The van der Waals surface area contributed by atoms with Crippen LogP contribution in [0.25, 0.3) is 16.5 Å². The van der Waals surface area contributed by atoms with Gasteiger partial charge in [-0.05, 0) is 45.3 Å². The first-order chi connectivity index (χ1) is 16.7. The van der Waals surface area contributed by atoms with E-state index in [1.165, 1.54) is 12.1 Å². The third-order valence-electron chi connectivity index (χ3n) is 4.98. The molecule has 1 heterocycles. The Morgan fingerprint density at radius 3 is 2.66 bits per heavy atom. The van der Waals surface area contributed by atoms with Crippen LogP contribution >= 0.6 is 11.6 Å². The van der Waals surface area contributed by atoms with Crippen molar-refractivity contribution in [2.75, 3.05) is 32.6 Å². The molecule has 1 aromatic heterocycles. The molecule has 0 saturated carbocycles. The predicted octanol–water partition coefficient (Wildman–Crippen LogP) is 4.19. The number of amides is 1. The maximum atomic E-state index is 13.7. The number of nitrogens with one attached hydrogen (secondary N) is 1. The van der Waals surface area contributed by atoms with Crippen molar-refractivity contribution in [2.24, 2.45) is 5.73 Å². The second-order valence-corrected chi connectivity index (χ2v) is 8.13. The number of anilines is 2. The largest absolute Gasteiger partial charge is 0.493 e. The van der Waals surface area contributed by atoms with E-state index in [1.807, 2.05) is 31.4 Å². The molecule has 0 aliphatic heterocycles. The Labute approximate surface area is 206 Å². The molecule has 0 aliphatic rings. The van der Waals surface area contributed by atoms with Crippen molar-refractivity contribution < 1.29 is 18.7 Å². The first kappa shape index (κ1) is 25.6. The molecule has 0 fully saturated rings. The highest BCUT2D eigenvalue weighted by Crippen LogP contribution is 2.37. The molecule has 0 unspecified atom stereocenters. The van der Waals surface area contributed by atoms with Crippen LogP contribution in [-0.2, 0) is 4.79 Å². The SMILES string of the molecule is CCOc1cc2nc(C(N)=O)c(C#N)c(Nc3ccc(F)c(Cl)c3)c2cc1C([C]=O)=CCN(C)C. The number of likely N-dealkylation sites (N-methyl/N-ethyl adjacent to an activating group) is 1. The van der Waals surface area contributed by atoms with E-state index in [4.69, 9.17) is 22.1 Å². The van der Waals surface area contributed by atoms with Crippen molar-refractivity contribution >= 4 is 51.6 Å². The van der Waals surface area contributed by atoms with E-state index in [-0.39, 0.29) is 27.5 Å². The molecule has 0 bridgehead atoms. The number of nitrogens with two attached hydrogens (primary N) is 1. The Morgan fingerprint density at radius 2 is 2.09 bits per heavy atom. The number of rotatable bonds is 9. The molecule has 0 saturated heterocycles. The van der Waals surface area contributed by atoms with Gasteiger partial charge in [0.05, 0.1) is 22.8 Å². The van der Waals surface area contributed by atoms with Crippen LogP contribution in [0.4, 0.5) is 15.8 Å². The smallest absolute Gasteiger partial charge is 0.268 e. The van der Waals surface area contributed by atoms with Crippen molar-refractivity contribution in [3.63, 3.8) is 0 Å². The lowest BCUT2D eigenvalue weighted by molar-refractivity contribution is 0.0995. The summed E-state index contributed by atoms with van der Waals surface area (Å²) in [7, 11) is 3.71. The number of ether oxygens (including phenoxy) is 1. The Kier molecular flexibility index (Phi) is 8.02. The van der Waals surface area contributed by atoms with E-state index in [0.717, 1.165) is 6.07 Å². The van der Waals surface area contributed by atoms with Crippen LogP contribution in [0.15, 0.2) is 36.4 Å². The van der Waals surface area contributed by atoms with Crippen LogP contribution < -0.4 is 15.8 Å². The van der Waals surface area contributed by atoms with Crippen molar-refractivity contribution in [1.29, 1.82) is 5.26 Å². The maximum Gasteiger partial charge on any atom is 0.268 e. The van der Waals surface area contributed by atoms with Crippen molar-refractivity contribution in [1.82, 2.24) is 9.88 Å². The highest BCUT2D eigenvalue weighted by Gasteiger charge is 2.22. The first-order valence-electron chi connectivity index (χ1n) is 10.5. The number of carbonyl (C=O) groups excluding carboxylic acids is 2. The monoisotopic (exact) mass is 494 g/mol. The lowest BCUT2D eigenvalue weighted by Crippen LogP contribution is -2.17. The van der Waals surface area contributed by atoms with Crippen LogP contribution in [-0.4, -0.2) is 49.3 Å². The molecule has 3 N–H and O–H groups in total. The molecule has 3 aromatic rings. The second-order valence-electron chi connectivity index (χ2n) is 7.72. The molecule has 0 atom stereocenters. The highest BCUT2D eigenvalue weighted by molar-refractivity contribution is 6.31. The summed E-state index contributed by atoms with van der Waals surface area (Å²) in [6.45, 7) is 2.56. The molecule has 8 nitrogen and oxygen atoms in total. The summed E-state index contributed by atoms with van der Waals surface area (Å²) in [6.07, 6.45) is 3.64. The van der Waals surface area contributed by atoms with E-state index in [0.29, 0.717) is 41.1 Å². The third kappa shape index (κ3) is 5.57. The average Bonchev–Trinajstić information content (AvgIpc) is 2.81. The van der Waals surface area contributed by atoms with Gasteiger partial charge >= 0.3 is 0 Å². The van der Waals surface area contributed by atoms with Gasteiger partial charge in [0.1, 0.15) is 28.9 Å². The van der Waals surface area contributed by atoms with Gasteiger partial charge in [0.25, 0.3) is 5.91 Å². The molecule has 2 aromatic carbocycles. The number of pyridine rings is 1. The minimum Gasteiger partial charge on any atom is -0.493 e. The summed E-state index contributed by atoms with van der Waals surface area (Å²) in [5, 5.41) is 13.2. The number of halogens is 2. The number of nitrogens with zero attached hydrogens (tertiary/aromatic N) is 3. The van der Waals surface area contributed by atoms with Gasteiger partial charge in [-0.1, -0.05) is 17.7 Å². The highest BCUT2D eigenvalue weighted by atomic mass is 35.5. The summed E-state index contributed by atoms with van der Waals surface area (Å²) in [4.78, 5) is 30.1. The standard InChI is InChI=1S/C25H22ClFN5O3/c1-4-35-22-11-21-17(10-16(22)14(13-33)7-8-32(2)3)23(18(12-28)24(31-21)25(29)34)30-15-5-6-20(27)19(26)9-15/h5-7,9-11H,4,8H2,1-3H3,(H2,29,34)(H,30,31). The lowest BCUT2D eigenvalue weighted by atomic mass is 9.98. The molecule has 35 heavy (non-hydrogen) atoms. The molecule has 179 valence electrons. The number of fused-ring (bicyclic) bond motifs is 1. The number of hydrogen-bond acceptors (Lipinski definition) is 7. The minimum absolute atomic E-state index is 0.116. The van der Waals surface area contributed by atoms with Gasteiger partial charge in [0.2, 0.25) is 6.29 Å². The average molecular weight is 495 g/mol. The second kappa shape index (κ2) is 11.0. The van der Waals surface area contributed by atoms with E-state index in [2.05, 4.69) is 10.3 Å².